The molecular formula is C8H7F2N3O. The number of aromatic nitrogens is 1. The lowest BCUT2D eigenvalue weighted by molar-refractivity contribution is 0.145. The topological polar surface area (TPSA) is 82.9 Å². The van der Waals surface area contributed by atoms with Crippen LogP contribution in [-0.2, 0) is 6.42 Å². The fraction of sp³-hybridized carbons (Fsp3) is 0.250. The van der Waals surface area contributed by atoms with Crippen molar-refractivity contribution < 1.29 is 13.9 Å². The second-order valence-corrected chi connectivity index (χ2v) is 2.56. The predicted molar refractivity (Wildman–Crippen MR) is 44.6 cm³/mol. The van der Waals surface area contributed by atoms with Crippen molar-refractivity contribution in [3.05, 3.63) is 17.5 Å². The van der Waals surface area contributed by atoms with E-state index >= 15 is 0 Å². The molecule has 0 aromatic carbocycles. The molecule has 0 aliphatic heterocycles. The maximum atomic E-state index is 12.4. The van der Waals surface area contributed by atoms with Crippen molar-refractivity contribution in [2.45, 2.75) is 12.8 Å². The minimum absolute atomic E-state index is 0.109. The van der Waals surface area contributed by atoms with Crippen molar-refractivity contribution in [1.29, 1.82) is 5.26 Å². The number of anilines is 1. The van der Waals surface area contributed by atoms with Gasteiger partial charge in [-0.15, -0.1) is 0 Å². The van der Waals surface area contributed by atoms with E-state index in [1.54, 1.807) is 6.07 Å². The Morgan fingerprint density at radius 1 is 1.64 bits per heavy atom. The molecule has 0 amide bonds. The molecule has 0 spiro atoms. The first-order chi connectivity index (χ1) is 6.57. The van der Waals surface area contributed by atoms with Gasteiger partial charge in [0.15, 0.2) is 5.75 Å². The number of nitrogen functional groups attached to an aromatic ring is 1. The summed E-state index contributed by atoms with van der Waals surface area (Å²) in [4.78, 5) is 3.33. The summed E-state index contributed by atoms with van der Waals surface area (Å²) in [5.74, 6) is -0.389. The van der Waals surface area contributed by atoms with Crippen LogP contribution in [0.4, 0.5) is 14.5 Å². The van der Waals surface area contributed by atoms with Gasteiger partial charge in [0, 0.05) is 5.56 Å². The normalized spacial score (nSPS) is 10.1. The molecule has 0 saturated heterocycles. The molecule has 14 heavy (non-hydrogen) atoms. The summed E-state index contributed by atoms with van der Waals surface area (Å²) in [6.45, 7) is 0. The molecule has 1 aromatic rings. The Hall–Kier alpha value is -1.90. The van der Waals surface area contributed by atoms with Gasteiger partial charge in [-0.3, -0.25) is 4.98 Å². The Labute approximate surface area is 78.6 Å². The summed E-state index contributed by atoms with van der Waals surface area (Å²) >= 11 is 0. The number of rotatable bonds is 2. The standard InChI is InChI=1S/C8H7F2N3O/c9-8(10)7-4(1-2-11)6(12)5(14)3-13-7/h3,8,14H,1H2,(H2,12,13). The first-order valence-electron chi connectivity index (χ1n) is 3.69. The van der Waals surface area contributed by atoms with Crippen LogP contribution in [-0.4, -0.2) is 10.1 Å². The Kier molecular flexibility index (Phi) is 2.82. The average Bonchev–Trinajstić information content (AvgIpc) is 2.13. The highest BCUT2D eigenvalue weighted by Gasteiger charge is 2.18. The molecule has 0 aliphatic rings. The van der Waals surface area contributed by atoms with E-state index in [0.717, 1.165) is 6.20 Å². The highest BCUT2D eigenvalue weighted by molar-refractivity contribution is 5.59. The van der Waals surface area contributed by atoms with Gasteiger partial charge >= 0.3 is 0 Å². The zero-order valence-electron chi connectivity index (χ0n) is 7.04. The largest absolute Gasteiger partial charge is 0.504 e. The van der Waals surface area contributed by atoms with E-state index in [9.17, 15) is 8.78 Å². The van der Waals surface area contributed by atoms with Crippen molar-refractivity contribution in [2.75, 3.05) is 5.73 Å². The molecule has 0 saturated carbocycles. The van der Waals surface area contributed by atoms with E-state index in [-0.39, 0.29) is 23.4 Å². The highest BCUT2D eigenvalue weighted by Crippen LogP contribution is 2.30. The number of hydrogen-bond acceptors (Lipinski definition) is 4. The molecule has 4 nitrogen and oxygen atoms in total. The molecule has 0 radical (unpaired) electrons. The first-order valence-corrected chi connectivity index (χ1v) is 3.69. The van der Waals surface area contributed by atoms with Crippen LogP contribution >= 0.6 is 0 Å². The quantitative estimate of drug-likeness (QED) is 0.753. The van der Waals surface area contributed by atoms with Crippen LogP contribution in [0.2, 0.25) is 0 Å². The number of aromatic hydroxyl groups is 1. The molecule has 1 heterocycles. The maximum absolute atomic E-state index is 12.4. The van der Waals surface area contributed by atoms with E-state index in [1.807, 2.05) is 0 Å². The third-order valence-corrected chi connectivity index (χ3v) is 1.70. The van der Waals surface area contributed by atoms with E-state index in [2.05, 4.69) is 4.98 Å². The van der Waals surface area contributed by atoms with Crippen molar-refractivity contribution in [2.24, 2.45) is 0 Å². The van der Waals surface area contributed by atoms with E-state index in [0.29, 0.717) is 0 Å². The lowest BCUT2D eigenvalue weighted by Crippen LogP contribution is -2.03. The number of halogens is 2. The fourth-order valence-corrected chi connectivity index (χ4v) is 1.02. The molecule has 0 bridgehead atoms. The molecular weight excluding hydrogens is 192 g/mol. The van der Waals surface area contributed by atoms with Gasteiger partial charge in [-0.25, -0.2) is 8.78 Å². The van der Waals surface area contributed by atoms with E-state index in [4.69, 9.17) is 16.1 Å². The third kappa shape index (κ3) is 1.71. The molecule has 1 rings (SSSR count). The Morgan fingerprint density at radius 3 is 2.79 bits per heavy atom. The van der Waals surface area contributed by atoms with Gasteiger partial charge in [0.1, 0.15) is 5.69 Å². The summed E-state index contributed by atoms with van der Waals surface area (Å²) < 4.78 is 24.7. The van der Waals surface area contributed by atoms with Gasteiger partial charge in [0.05, 0.1) is 24.4 Å². The van der Waals surface area contributed by atoms with Gasteiger partial charge < -0.3 is 10.8 Å². The zero-order chi connectivity index (χ0) is 10.7. The van der Waals surface area contributed by atoms with Crippen molar-refractivity contribution in [3.63, 3.8) is 0 Å². The van der Waals surface area contributed by atoms with E-state index in [1.165, 1.54) is 0 Å². The minimum Gasteiger partial charge on any atom is -0.504 e. The van der Waals surface area contributed by atoms with Crippen LogP contribution < -0.4 is 5.73 Å². The second kappa shape index (κ2) is 3.87. The molecule has 74 valence electrons. The van der Waals surface area contributed by atoms with Gasteiger partial charge in [-0.1, -0.05) is 0 Å². The molecule has 1 aromatic heterocycles. The Bertz CT molecular complexity index is 387. The van der Waals surface area contributed by atoms with Gasteiger partial charge in [0.2, 0.25) is 0 Å². The molecule has 0 atom stereocenters. The zero-order valence-corrected chi connectivity index (χ0v) is 7.04. The number of hydrogen-bond donors (Lipinski definition) is 2. The number of nitrogens with zero attached hydrogens (tertiary/aromatic N) is 2. The van der Waals surface area contributed by atoms with Crippen LogP contribution in [0.25, 0.3) is 0 Å². The van der Waals surface area contributed by atoms with Gasteiger partial charge in [-0.2, -0.15) is 5.26 Å². The van der Waals surface area contributed by atoms with Crippen LogP contribution in [0.15, 0.2) is 6.20 Å². The monoisotopic (exact) mass is 199 g/mol. The number of pyridine rings is 1. The van der Waals surface area contributed by atoms with Crippen LogP contribution in [0.1, 0.15) is 17.7 Å². The summed E-state index contributed by atoms with van der Waals surface area (Å²) in [6, 6.07) is 1.68. The predicted octanol–water partition coefficient (Wildman–Crippen LogP) is 1.37. The van der Waals surface area contributed by atoms with Crippen molar-refractivity contribution in [3.8, 4) is 11.8 Å². The van der Waals surface area contributed by atoms with E-state index < -0.39 is 12.1 Å². The number of nitriles is 1. The number of alkyl halides is 2. The van der Waals surface area contributed by atoms with Crippen LogP contribution in [0.3, 0.4) is 0 Å². The third-order valence-electron chi connectivity index (χ3n) is 1.70. The van der Waals surface area contributed by atoms with Gasteiger partial charge in [-0.05, 0) is 0 Å². The van der Waals surface area contributed by atoms with Crippen LogP contribution in [0.5, 0.6) is 5.75 Å². The smallest absolute Gasteiger partial charge is 0.280 e. The molecule has 6 heteroatoms. The molecule has 3 N–H and O–H groups in total. The highest BCUT2D eigenvalue weighted by atomic mass is 19.3. The van der Waals surface area contributed by atoms with Crippen LogP contribution in [0, 0.1) is 11.3 Å². The lowest BCUT2D eigenvalue weighted by atomic mass is 10.1. The average molecular weight is 199 g/mol. The molecule has 0 fully saturated rings. The molecule has 0 unspecified atom stereocenters. The second-order valence-electron chi connectivity index (χ2n) is 2.56. The van der Waals surface area contributed by atoms with Crippen molar-refractivity contribution in [1.82, 2.24) is 4.98 Å². The Balaban J connectivity index is 3.31. The lowest BCUT2D eigenvalue weighted by Gasteiger charge is -2.08. The molecule has 0 aliphatic carbocycles. The first kappa shape index (κ1) is 10.2. The number of nitrogens with two attached hydrogens (primary N) is 1. The van der Waals surface area contributed by atoms with Crippen molar-refractivity contribution >= 4 is 5.69 Å². The summed E-state index contributed by atoms with van der Waals surface area (Å²) in [5.41, 5.74) is 4.46. The Morgan fingerprint density at radius 2 is 2.29 bits per heavy atom. The summed E-state index contributed by atoms with van der Waals surface area (Å²) in [5, 5.41) is 17.5. The summed E-state index contributed by atoms with van der Waals surface area (Å²) in [6.07, 6.45) is -2.26. The van der Waals surface area contributed by atoms with Gasteiger partial charge in [0.25, 0.3) is 6.43 Å². The minimum atomic E-state index is -2.80. The maximum Gasteiger partial charge on any atom is 0.280 e. The SMILES string of the molecule is N#CCc1c(C(F)F)ncc(O)c1N. The fourth-order valence-electron chi connectivity index (χ4n) is 1.02. The summed E-state index contributed by atoms with van der Waals surface area (Å²) in [7, 11) is 0.